The van der Waals surface area contributed by atoms with Crippen LogP contribution in [0.2, 0.25) is 0 Å². The molecule has 6 heterocycles. The average Bonchev–Trinajstić information content (AvgIpc) is 3.54. The first-order valence-electron chi connectivity index (χ1n) is 10.9. The number of amides is 1. The monoisotopic (exact) mass is 453 g/mol. The van der Waals surface area contributed by atoms with Crippen LogP contribution in [0.5, 0.6) is 0 Å². The molecule has 0 radical (unpaired) electrons. The molecule has 0 aromatic carbocycles. The third kappa shape index (κ3) is 4.03. The quantitative estimate of drug-likeness (QED) is 0.409. The molecular weight excluding hydrogens is 428 g/mol. The van der Waals surface area contributed by atoms with Crippen molar-refractivity contribution in [1.82, 2.24) is 9.97 Å². The number of aromatic nitrogens is 2. The summed E-state index contributed by atoms with van der Waals surface area (Å²) in [4.78, 5) is 34.1. The Balaban J connectivity index is 1.31. The smallest absolute Gasteiger partial charge is 0.348 e. The van der Waals surface area contributed by atoms with E-state index in [-0.39, 0.29) is 35.4 Å². The molecule has 172 valence electrons. The molecule has 3 fully saturated rings. The number of esters is 1. The lowest BCUT2D eigenvalue weighted by molar-refractivity contribution is -0.939. The minimum atomic E-state index is -2.04. The molecule has 0 saturated carbocycles. The normalized spacial score (nSPS) is 24.4. The van der Waals surface area contributed by atoms with Crippen LogP contribution in [0.4, 0.5) is 5.95 Å². The first-order valence-corrected chi connectivity index (χ1v) is 10.9. The number of anilines is 1. The number of hydrogen-bond donors (Lipinski definition) is 2. The SMILES string of the molecule is O=C(C[N+]12CCC(CC1)[C@@H](OC(=O)C(O)(c1ccoc1)c1ccoc1)C2)Nc1ncccn1. The van der Waals surface area contributed by atoms with Crippen molar-refractivity contribution in [3.05, 3.63) is 66.8 Å². The molecule has 3 saturated heterocycles. The third-order valence-corrected chi connectivity index (χ3v) is 6.77. The number of furan rings is 2. The molecule has 3 aromatic heterocycles. The lowest BCUT2D eigenvalue weighted by Crippen LogP contribution is -2.66. The summed E-state index contributed by atoms with van der Waals surface area (Å²) in [6, 6.07) is 4.73. The second-order valence-electron chi connectivity index (χ2n) is 8.77. The van der Waals surface area contributed by atoms with Gasteiger partial charge in [-0.2, -0.15) is 0 Å². The summed E-state index contributed by atoms with van der Waals surface area (Å²) in [5.74, 6) is -0.516. The fourth-order valence-electron chi connectivity index (χ4n) is 4.98. The Hall–Kier alpha value is -3.50. The van der Waals surface area contributed by atoms with E-state index in [1.54, 1.807) is 18.5 Å². The number of aliphatic hydroxyl groups is 1. The van der Waals surface area contributed by atoms with Crippen LogP contribution in [-0.2, 0) is 19.9 Å². The van der Waals surface area contributed by atoms with Crippen molar-refractivity contribution in [1.29, 1.82) is 0 Å². The summed E-state index contributed by atoms with van der Waals surface area (Å²) in [7, 11) is 0. The summed E-state index contributed by atoms with van der Waals surface area (Å²) in [5.41, 5.74) is -1.51. The zero-order chi connectivity index (χ0) is 22.9. The van der Waals surface area contributed by atoms with Gasteiger partial charge in [0.15, 0.2) is 12.6 Å². The van der Waals surface area contributed by atoms with Gasteiger partial charge in [-0.3, -0.25) is 10.1 Å². The fourth-order valence-corrected chi connectivity index (χ4v) is 4.98. The molecule has 3 aromatic rings. The number of carbonyl (C=O) groups is 2. The molecule has 1 atom stereocenters. The maximum absolute atomic E-state index is 13.3. The van der Waals surface area contributed by atoms with Crippen LogP contribution >= 0.6 is 0 Å². The number of piperidine rings is 3. The molecule has 2 N–H and O–H groups in total. The molecule has 10 heteroatoms. The highest BCUT2D eigenvalue weighted by atomic mass is 16.6. The van der Waals surface area contributed by atoms with Gasteiger partial charge in [0.25, 0.3) is 5.91 Å². The van der Waals surface area contributed by atoms with Gasteiger partial charge in [-0.25, -0.2) is 14.8 Å². The van der Waals surface area contributed by atoms with Gasteiger partial charge in [-0.15, -0.1) is 0 Å². The van der Waals surface area contributed by atoms with Crippen molar-refractivity contribution in [2.75, 3.05) is 31.5 Å². The number of ether oxygens (including phenoxy) is 1. The van der Waals surface area contributed by atoms with Gasteiger partial charge in [0.1, 0.15) is 6.54 Å². The van der Waals surface area contributed by atoms with E-state index < -0.39 is 17.7 Å². The number of quaternary nitrogens is 1. The van der Waals surface area contributed by atoms with Gasteiger partial charge in [-0.05, 0) is 18.2 Å². The molecular formula is C23H25N4O6+. The topological polar surface area (TPSA) is 128 Å². The minimum Gasteiger partial charge on any atom is -0.472 e. The Kier molecular flexibility index (Phi) is 5.47. The van der Waals surface area contributed by atoms with E-state index in [0.717, 1.165) is 25.9 Å². The van der Waals surface area contributed by atoms with Crippen molar-refractivity contribution in [2.45, 2.75) is 24.5 Å². The first kappa shape index (κ1) is 21.4. The molecule has 1 amide bonds. The van der Waals surface area contributed by atoms with Crippen LogP contribution in [0.1, 0.15) is 24.0 Å². The minimum absolute atomic E-state index is 0.181. The van der Waals surface area contributed by atoms with E-state index in [4.69, 9.17) is 13.6 Å². The summed E-state index contributed by atoms with van der Waals surface area (Å²) < 4.78 is 16.6. The van der Waals surface area contributed by atoms with Crippen molar-refractivity contribution < 1.29 is 32.7 Å². The largest absolute Gasteiger partial charge is 0.472 e. The second kappa shape index (κ2) is 8.45. The van der Waals surface area contributed by atoms with Crippen molar-refractivity contribution in [2.24, 2.45) is 5.92 Å². The predicted molar refractivity (Wildman–Crippen MR) is 113 cm³/mol. The maximum Gasteiger partial charge on any atom is 0.348 e. The zero-order valence-corrected chi connectivity index (χ0v) is 17.9. The van der Waals surface area contributed by atoms with E-state index in [9.17, 15) is 14.7 Å². The number of nitrogens with one attached hydrogen (secondary N) is 1. The van der Waals surface area contributed by atoms with E-state index in [0.29, 0.717) is 11.0 Å². The molecule has 10 nitrogen and oxygen atoms in total. The lowest BCUT2D eigenvalue weighted by Gasteiger charge is -2.51. The van der Waals surface area contributed by atoms with Gasteiger partial charge >= 0.3 is 5.97 Å². The van der Waals surface area contributed by atoms with Crippen LogP contribution in [-0.4, -0.2) is 63.7 Å². The molecule has 3 aliphatic rings. The Morgan fingerprint density at radius 1 is 1.12 bits per heavy atom. The number of nitrogens with zero attached hydrogens (tertiary/aromatic N) is 3. The highest BCUT2D eigenvalue weighted by Gasteiger charge is 2.51. The van der Waals surface area contributed by atoms with Crippen LogP contribution in [0.15, 0.2) is 64.5 Å². The van der Waals surface area contributed by atoms with Crippen LogP contribution in [0.3, 0.4) is 0 Å². The van der Waals surface area contributed by atoms with Crippen molar-refractivity contribution in [3.63, 3.8) is 0 Å². The van der Waals surface area contributed by atoms with Crippen LogP contribution in [0, 0.1) is 5.92 Å². The maximum atomic E-state index is 13.3. The number of hydrogen-bond acceptors (Lipinski definition) is 8. The molecule has 3 aliphatic heterocycles. The zero-order valence-electron chi connectivity index (χ0n) is 17.9. The Labute approximate surface area is 189 Å². The molecule has 0 aliphatic carbocycles. The summed E-state index contributed by atoms with van der Waals surface area (Å²) in [6.07, 6.45) is 9.80. The van der Waals surface area contributed by atoms with Crippen molar-refractivity contribution >= 4 is 17.8 Å². The highest BCUT2D eigenvalue weighted by molar-refractivity contribution is 5.89. The molecule has 0 spiro atoms. The average molecular weight is 453 g/mol. The number of fused-ring (bicyclic) bond motifs is 3. The number of rotatable bonds is 7. The van der Waals surface area contributed by atoms with Gasteiger partial charge in [0.05, 0.1) is 38.1 Å². The Morgan fingerprint density at radius 2 is 1.76 bits per heavy atom. The lowest BCUT2D eigenvalue weighted by atomic mass is 9.82. The standard InChI is InChI=1S/C23H24N4O6/c28-20(26-22-24-6-1-7-25-22)13-27-8-2-16(3-9-27)19(12-27)33-21(29)23(30,17-4-10-31-14-17)18-5-11-32-15-18/h1,4-7,10-11,14-16,19,30H,2-3,8-9,12-13H2/p+1/t16?,19-,27?/m0/s1. The van der Waals surface area contributed by atoms with Crippen molar-refractivity contribution in [3.8, 4) is 0 Å². The fraction of sp³-hybridized carbons (Fsp3) is 0.391. The van der Waals surface area contributed by atoms with E-state index >= 15 is 0 Å². The third-order valence-electron chi connectivity index (χ3n) is 6.77. The Bertz CT molecular complexity index is 1060. The predicted octanol–water partition coefficient (Wildman–Crippen LogP) is 1.69. The van der Waals surface area contributed by atoms with Gasteiger partial charge in [0.2, 0.25) is 11.5 Å². The second-order valence-corrected chi connectivity index (χ2v) is 8.77. The van der Waals surface area contributed by atoms with Gasteiger partial charge in [0, 0.05) is 42.3 Å². The van der Waals surface area contributed by atoms with Crippen LogP contribution in [0.25, 0.3) is 0 Å². The highest BCUT2D eigenvalue weighted by Crippen LogP contribution is 2.38. The van der Waals surface area contributed by atoms with E-state index in [1.165, 1.54) is 37.2 Å². The summed E-state index contributed by atoms with van der Waals surface area (Å²) >= 11 is 0. The first-order chi connectivity index (χ1) is 16.0. The van der Waals surface area contributed by atoms with Crippen LogP contribution < -0.4 is 5.32 Å². The molecule has 0 unspecified atom stereocenters. The molecule has 33 heavy (non-hydrogen) atoms. The summed E-state index contributed by atoms with van der Waals surface area (Å²) in [5, 5.41) is 14.1. The summed E-state index contributed by atoms with van der Waals surface area (Å²) in [6.45, 7) is 2.41. The van der Waals surface area contributed by atoms with Gasteiger partial charge in [-0.1, -0.05) is 0 Å². The van der Waals surface area contributed by atoms with E-state index in [2.05, 4.69) is 15.3 Å². The Morgan fingerprint density at radius 3 is 2.33 bits per heavy atom. The van der Waals surface area contributed by atoms with E-state index in [1.807, 2.05) is 0 Å². The molecule has 6 rings (SSSR count). The molecule has 2 bridgehead atoms. The van der Waals surface area contributed by atoms with Gasteiger partial charge < -0.3 is 23.2 Å². The number of carbonyl (C=O) groups excluding carboxylic acids is 2.